The summed E-state index contributed by atoms with van der Waals surface area (Å²) in [5.41, 5.74) is -0.332. The smallest absolute Gasteiger partial charge is 0.310 e. The number of hydrogen-bond acceptors (Lipinski definition) is 3. The summed E-state index contributed by atoms with van der Waals surface area (Å²) < 4.78 is 0. The van der Waals surface area contributed by atoms with Crippen LogP contribution in [0.4, 0.5) is 0 Å². The van der Waals surface area contributed by atoms with Gasteiger partial charge in [-0.05, 0) is 32.3 Å². The molecule has 1 unspecified atom stereocenters. The van der Waals surface area contributed by atoms with Crippen LogP contribution in [0.15, 0.2) is 30.3 Å². The van der Waals surface area contributed by atoms with Crippen molar-refractivity contribution in [3.05, 3.63) is 35.9 Å². The number of carbonyl (C=O) groups is 3. The summed E-state index contributed by atoms with van der Waals surface area (Å²) in [5.74, 6) is -1.36. The second-order valence-electron chi connectivity index (χ2n) is 6.76. The Morgan fingerprint density at radius 1 is 1.25 bits per heavy atom. The van der Waals surface area contributed by atoms with Gasteiger partial charge >= 0.3 is 5.97 Å². The molecule has 1 aromatic carbocycles. The van der Waals surface area contributed by atoms with Gasteiger partial charge in [-0.1, -0.05) is 30.3 Å². The molecule has 2 rings (SSSR count). The Kier molecular flexibility index (Phi) is 5.59. The minimum atomic E-state index is -1.07. The van der Waals surface area contributed by atoms with E-state index in [4.69, 9.17) is 0 Å². The first-order valence-corrected chi connectivity index (χ1v) is 8.18. The first-order valence-electron chi connectivity index (χ1n) is 8.18. The molecule has 6 nitrogen and oxygen atoms in total. The van der Waals surface area contributed by atoms with Gasteiger partial charge in [0.1, 0.15) is 6.04 Å². The summed E-state index contributed by atoms with van der Waals surface area (Å²) in [4.78, 5) is 37.8. The number of rotatable bonds is 6. The second-order valence-corrected chi connectivity index (χ2v) is 6.76. The van der Waals surface area contributed by atoms with Crippen molar-refractivity contribution in [1.82, 2.24) is 10.2 Å². The van der Waals surface area contributed by atoms with E-state index in [0.29, 0.717) is 13.0 Å². The van der Waals surface area contributed by atoms with Crippen LogP contribution in [-0.4, -0.2) is 40.9 Å². The molecule has 1 fully saturated rings. The third-order valence-corrected chi connectivity index (χ3v) is 4.32. The van der Waals surface area contributed by atoms with Gasteiger partial charge in [0.15, 0.2) is 0 Å². The van der Waals surface area contributed by atoms with Crippen LogP contribution >= 0.6 is 0 Å². The second kappa shape index (κ2) is 7.47. The molecule has 0 aromatic heterocycles. The lowest BCUT2D eigenvalue weighted by Gasteiger charge is -2.34. The van der Waals surface area contributed by atoms with Crippen LogP contribution in [-0.2, 0) is 14.4 Å². The quantitative estimate of drug-likeness (QED) is 0.834. The minimum absolute atomic E-state index is 0.00648. The van der Waals surface area contributed by atoms with E-state index in [1.807, 2.05) is 30.3 Å². The monoisotopic (exact) mass is 332 g/mol. The van der Waals surface area contributed by atoms with Gasteiger partial charge < -0.3 is 15.3 Å². The Labute approximate surface area is 141 Å². The fraction of sp³-hybridized carbons (Fsp3) is 0.500. The Hall–Kier alpha value is -2.37. The molecule has 0 radical (unpaired) electrons. The zero-order valence-corrected chi connectivity index (χ0v) is 14.1. The molecular formula is C18H24N2O4. The van der Waals surface area contributed by atoms with Crippen molar-refractivity contribution in [3.63, 3.8) is 0 Å². The number of carbonyl (C=O) groups excluding carboxylic acids is 2. The van der Waals surface area contributed by atoms with E-state index in [9.17, 15) is 19.5 Å². The maximum absolute atomic E-state index is 12.8. The van der Waals surface area contributed by atoms with Gasteiger partial charge in [0, 0.05) is 19.5 Å². The first kappa shape index (κ1) is 18.0. The summed E-state index contributed by atoms with van der Waals surface area (Å²) in [6.45, 7) is 3.65. The lowest BCUT2D eigenvalue weighted by Crippen LogP contribution is -2.48. The van der Waals surface area contributed by atoms with Crippen LogP contribution in [0.2, 0.25) is 0 Å². The zero-order valence-electron chi connectivity index (χ0n) is 14.1. The fourth-order valence-electron chi connectivity index (χ4n) is 2.69. The van der Waals surface area contributed by atoms with E-state index in [-0.39, 0.29) is 18.4 Å². The minimum Gasteiger partial charge on any atom is -0.481 e. The number of piperidine rings is 1. The van der Waals surface area contributed by atoms with Gasteiger partial charge in [-0.25, -0.2) is 0 Å². The number of nitrogens with zero attached hydrogens (tertiary/aromatic N) is 1. The van der Waals surface area contributed by atoms with E-state index in [1.165, 1.54) is 0 Å². The van der Waals surface area contributed by atoms with Gasteiger partial charge in [-0.15, -0.1) is 0 Å². The van der Waals surface area contributed by atoms with Crippen LogP contribution in [0.5, 0.6) is 0 Å². The number of nitrogens with one attached hydrogen (secondary N) is 1. The van der Waals surface area contributed by atoms with Crippen molar-refractivity contribution in [1.29, 1.82) is 0 Å². The maximum Gasteiger partial charge on any atom is 0.310 e. The van der Waals surface area contributed by atoms with Crippen LogP contribution in [0.1, 0.15) is 44.7 Å². The third kappa shape index (κ3) is 4.13. The number of amides is 2. The molecule has 2 N–H and O–H groups in total. The standard InChI is InChI=1S/C18H24N2O4/c1-18(2,17(23)24)12-19-16(22)15(13-8-4-3-5-9-13)20-11-7-6-10-14(20)21/h3-5,8-9,15H,6-7,10-12H2,1-2H3,(H,19,22)(H,23,24). The maximum atomic E-state index is 12.8. The molecule has 1 heterocycles. The molecular weight excluding hydrogens is 308 g/mol. The highest BCUT2D eigenvalue weighted by Crippen LogP contribution is 2.26. The van der Waals surface area contributed by atoms with E-state index < -0.39 is 17.4 Å². The van der Waals surface area contributed by atoms with Gasteiger partial charge in [0.25, 0.3) is 0 Å². The Balaban J connectivity index is 2.21. The van der Waals surface area contributed by atoms with Gasteiger partial charge in [0.05, 0.1) is 5.41 Å². The number of likely N-dealkylation sites (tertiary alicyclic amines) is 1. The molecule has 2 amide bonds. The fourth-order valence-corrected chi connectivity index (χ4v) is 2.69. The molecule has 1 aliphatic rings. The largest absolute Gasteiger partial charge is 0.481 e. The number of aliphatic carboxylic acids is 1. The van der Waals surface area contributed by atoms with Crippen LogP contribution in [0, 0.1) is 5.41 Å². The van der Waals surface area contributed by atoms with E-state index in [0.717, 1.165) is 18.4 Å². The molecule has 0 saturated carbocycles. The number of benzene rings is 1. The molecule has 0 aliphatic carbocycles. The van der Waals surface area contributed by atoms with Crippen LogP contribution < -0.4 is 5.32 Å². The highest BCUT2D eigenvalue weighted by molar-refractivity contribution is 5.89. The molecule has 6 heteroatoms. The predicted molar refractivity (Wildman–Crippen MR) is 89.2 cm³/mol. The molecule has 130 valence electrons. The average molecular weight is 332 g/mol. The SMILES string of the molecule is CC(C)(CNC(=O)C(c1ccccc1)N1CCCCC1=O)C(=O)O. The topological polar surface area (TPSA) is 86.7 Å². The van der Waals surface area contributed by atoms with Crippen molar-refractivity contribution < 1.29 is 19.5 Å². The summed E-state index contributed by atoms with van der Waals surface area (Å²) in [6, 6.07) is 8.41. The van der Waals surface area contributed by atoms with Gasteiger partial charge in [0.2, 0.25) is 11.8 Å². The highest BCUT2D eigenvalue weighted by Gasteiger charge is 2.34. The van der Waals surface area contributed by atoms with E-state index >= 15 is 0 Å². The molecule has 1 atom stereocenters. The Morgan fingerprint density at radius 2 is 1.92 bits per heavy atom. The summed E-state index contributed by atoms with van der Waals surface area (Å²) in [7, 11) is 0. The molecule has 0 spiro atoms. The molecule has 1 aliphatic heterocycles. The lowest BCUT2D eigenvalue weighted by atomic mass is 9.93. The molecule has 0 bridgehead atoms. The van der Waals surface area contributed by atoms with Crippen molar-refractivity contribution in [2.45, 2.75) is 39.2 Å². The average Bonchev–Trinajstić information content (AvgIpc) is 2.56. The normalized spacial score (nSPS) is 16.6. The molecule has 1 saturated heterocycles. The lowest BCUT2D eigenvalue weighted by molar-refractivity contribution is -0.148. The van der Waals surface area contributed by atoms with Gasteiger partial charge in [-0.3, -0.25) is 14.4 Å². The number of hydrogen-bond donors (Lipinski definition) is 2. The van der Waals surface area contributed by atoms with E-state index in [2.05, 4.69) is 5.32 Å². The summed E-state index contributed by atoms with van der Waals surface area (Å²) >= 11 is 0. The Morgan fingerprint density at radius 3 is 2.50 bits per heavy atom. The summed E-state index contributed by atoms with van der Waals surface area (Å²) in [5, 5.41) is 11.9. The van der Waals surface area contributed by atoms with Crippen LogP contribution in [0.25, 0.3) is 0 Å². The first-order chi connectivity index (χ1) is 11.3. The molecule has 24 heavy (non-hydrogen) atoms. The summed E-state index contributed by atoms with van der Waals surface area (Å²) in [6.07, 6.45) is 2.14. The van der Waals surface area contributed by atoms with Crippen molar-refractivity contribution in [2.24, 2.45) is 5.41 Å². The highest BCUT2D eigenvalue weighted by atomic mass is 16.4. The third-order valence-electron chi connectivity index (χ3n) is 4.32. The van der Waals surface area contributed by atoms with Gasteiger partial charge in [-0.2, -0.15) is 0 Å². The number of carboxylic acids is 1. The van der Waals surface area contributed by atoms with Crippen molar-refractivity contribution in [3.8, 4) is 0 Å². The zero-order chi connectivity index (χ0) is 17.7. The van der Waals surface area contributed by atoms with E-state index in [1.54, 1.807) is 18.7 Å². The van der Waals surface area contributed by atoms with Crippen molar-refractivity contribution in [2.75, 3.05) is 13.1 Å². The van der Waals surface area contributed by atoms with Crippen molar-refractivity contribution >= 4 is 17.8 Å². The predicted octanol–water partition coefficient (Wildman–Crippen LogP) is 1.97. The van der Waals surface area contributed by atoms with Crippen LogP contribution in [0.3, 0.4) is 0 Å². The molecule has 1 aromatic rings. The Bertz CT molecular complexity index is 613. The number of carboxylic acid groups (broad SMARTS) is 1.